The van der Waals surface area contributed by atoms with Crippen molar-refractivity contribution in [1.29, 1.82) is 0 Å². The van der Waals surface area contributed by atoms with Crippen LogP contribution in [0.25, 0.3) is 11.0 Å². The summed E-state index contributed by atoms with van der Waals surface area (Å²) in [7, 11) is -4.01. The molecule has 0 saturated carbocycles. The lowest BCUT2D eigenvalue weighted by molar-refractivity contribution is -0.139. The number of para-hydroxylation sites is 2. The maximum absolute atomic E-state index is 13.6. The number of rotatable bonds is 3. The molecule has 5 rings (SSSR count). The van der Waals surface area contributed by atoms with E-state index in [-0.39, 0.29) is 17.3 Å². The van der Waals surface area contributed by atoms with Gasteiger partial charge in [0.2, 0.25) is 0 Å². The van der Waals surface area contributed by atoms with Crippen LogP contribution in [0.4, 0.5) is 5.69 Å². The average Bonchev–Trinajstić information content (AvgIpc) is 3.17. The third kappa shape index (κ3) is 3.46. The molecule has 0 unspecified atom stereocenters. The third-order valence-electron chi connectivity index (χ3n) is 5.75. The zero-order valence-corrected chi connectivity index (χ0v) is 17.5. The Hall–Kier alpha value is -3.27. The number of H-pyrrole nitrogens is 2. The molecule has 10 heteroatoms. The van der Waals surface area contributed by atoms with Crippen LogP contribution in [0.15, 0.2) is 52.2 Å². The Morgan fingerprint density at radius 3 is 2.55 bits per heavy atom. The number of nitrogens with one attached hydrogen (secondary N) is 2. The first-order valence-corrected chi connectivity index (χ1v) is 11.7. The summed E-state index contributed by atoms with van der Waals surface area (Å²) in [6.07, 6.45) is 2.04. The van der Waals surface area contributed by atoms with E-state index in [1.165, 1.54) is 16.4 Å². The van der Waals surface area contributed by atoms with Gasteiger partial charge in [-0.1, -0.05) is 12.1 Å². The number of anilines is 1. The van der Waals surface area contributed by atoms with Crippen LogP contribution in [0.1, 0.15) is 19.3 Å². The number of imidazole rings is 1. The van der Waals surface area contributed by atoms with E-state index in [1.54, 1.807) is 35.2 Å². The molecule has 1 amide bonds. The quantitative estimate of drug-likeness (QED) is 0.642. The fourth-order valence-corrected chi connectivity index (χ4v) is 5.68. The zero-order valence-electron chi connectivity index (χ0n) is 16.7. The van der Waals surface area contributed by atoms with Gasteiger partial charge in [-0.15, -0.1) is 0 Å². The molecule has 3 aromatic rings. The number of aromatic amines is 2. The van der Waals surface area contributed by atoms with Crippen molar-refractivity contribution >= 4 is 32.7 Å². The molecule has 1 aromatic heterocycles. The number of carbonyl (C=O) groups excluding carboxylic acids is 1. The lowest BCUT2D eigenvalue weighted by Gasteiger charge is -2.37. The minimum Gasteiger partial charge on any atom is -0.476 e. The van der Waals surface area contributed by atoms with Crippen LogP contribution in [0.2, 0.25) is 0 Å². The molecule has 31 heavy (non-hydrogen) atoms. The second-order valence-corrected chi connectivity index (χ2v) is 9.65. The van der Waals surface area contributed by atoms with Crippen LogP contribution in [0.3, 0.4) is 0 Å². The fraction of sp³-hybridized carbons (Fsp3) is 0.333. The van der Waals surface area contributed by atoms with Crippen LogP contribution in [0.5, 0.6) is 5.75 Å². The minimum atomic E-state index is -4.01. The predicted octanol–water partition coefficient (Wildman–Crippen LogP) is 1.82. The van der Waals surface area contributed by atoms with Crippen LogP contribution in [0, 0.1) is 0 Å². The predicted molar refractivity (Wildman–Crippen MR) is 115 cm³/mol. The summed E-state index contributed by atoms with van der Waals surface area (Å²) < 4.78 is 34.3. The molecule has 1 fully saturated rings. The van der Waals surface area contributed by atoms with Crippen molar-refractivity contribution in [1.82, 2.24) is 14.9 Å². The Morgan fingerprint density at radius 1 is 1.00 bits per heavy atom. The van der Waals surface area contributed by atoms with Gasteiger partial charge < -0.3 is 19.6 Å². The van der Waals surface area contributed by atoms with E-state index in [9.17, 15) is 18.0 Å². The van der Waals surface area contributed by atoms with Crippen molar-refractivity contribution in [3.63, 3.8) is 0 Å². The zero-order chi connectivity index (χ0) is 21.6. The second kappa shape index (κ2) is 7.45. The van der Waals surface area contributed by atoms with Crippen molar-refractivity contribution in [3.05, 3.63) is 52.9 Å². The van der Waals surface area contributed by atoms with Crippen molar-refractivity contribution in [2.75, 3.05) is 23.9 Å². The fourth-order valence-electron chi connectivity index (χ4n) is 4.18. The Labute approximate surface area is 178 Å². The van der Waals surface area contributed by atoms with Crippen LogP contribution >= 0.6 is 0 Å². The summed E-state index contributed by atoms with van der Waals surface area (Å²) in [5.41, 5.74) is 0.888. The highest BCUT2D eigenvalue weighted by Crippen LogP contribution is 2.37. The van der Waals surface area contributed by atoms with Gasteiger partial charge in [-0.05, 0) is 49.6 Å². The Bertz CT molecular complexity index is 1310. The molecular formula is C21H22N4O5S. The van der Waals surface area contributed by atoms with E-state index >= 15 is 0 Å². The summed E-state index contributed by atoms with van der Waals surface area (Å²) in [6.45, 7) is 1.20. The molecule has 9 nitrogen and oxygen atoms in total. The molecule has 0 radical (unpaired) electrons. The average molecular weight is 442 g/mol. The third-order valence-corrected chi connectivity index (χ3v) is 7.53. The van der Waals surface area contributed by atoms with Crippen LogP contribution < -0.4 is 14.7 Å². The molecule has 2 N–H and O–H groups in total. The molecule has 2 aliphatic rings. The SMILES string of the molecule is O=C([C@H]1CN(S(=O)(=O)c2ccc3[nH]c(=O)[nH]c3c2)c2ccccc2O1)N1CCCCC1. The summed E-state index contributed by atoms with van der Waals surface area (Å²) in [4.78, 5) is 31.6. The smallest absolute Gasteiger partial charge is 0.323 e. The Balaban J connectivity index is 1.53. The molecule has 1 atom stereocenters. The van der Waals surface area contributed by atoms with Gasteiger partial charge in [-0.25, -0.2) is 13.2 Å². The topological polar surface area (TPSA) is 116 Å². The second-order valence-electron chi connectivity index (χ2n) is 7.78. The first-order valence-electron chi connectivity index (χ1n) is 10.2. The number of amides is 1. The van der Waals surface area contributed by atoms with Gasteiger partial charge in [0.25, 0.3) is 15.9 Å². The molecule has 3 heterocycles. The normalized spacial score (nSPS) is 19.2. The van der Waals surface area contributed by atoms with E-state index in [1.807, 2.05) is 0 Å². The number of benzene rings is 2. The lowest BCUT2D eigenvalue weighted by Crippen LogP contribution is -2.52. The van der Waals surface area contributed by atoms with Crippen molar-refractivity contribution < 1.29 is 17.9 Å². The largest absolute Gasteiger partial charge is 0.476 e. The van der Waals surface area contributed by atoms with E-state index < -0.39 is 21.8 Å². The number of hydrogen-bond acceptors (Lipinski definition) is 5. The number of carbonyl (C=O) groups is 1. The molecule has 0 aliphatic carbocycles. The summed E-state index contributed by atoms with van der Waals surface area (Å²) in [6, 6.07) is 11.2. The molecule has 2 aromatic carbocycles. The Kier molecular flexibility index (Phi) is 4.73. The summed E-state index contributed by atoms with van der Waals surface area (Å²) >= 11 is 0. The Morgan fingerprint density at radius 2 is 1.74 bits per heavy atom. The van der Waals surface area contributed by atoms with Crippen molar-refractivity contribution in [2.45, 2.75) is 30.3 Å². The molecular weight excluding hydrogens is 420 g/mol. The highest BCUT2D eigenvalue weighted by Gasteiger charge is 2.39. The summed E-state index contributed by atoms with van der Waals surface area (Å²) in [5.74, 6) is 0.156. The monoisotopic (exact) mass is 442 g/mol. The van der Waals surface area contributed by atoms with Gasteiger partial charge in [-0.2, -0.15) is 0 Å². The van der Waals surface area contributed by atoms with E-state index in [4.69, 9.17) is 4.74 Å². The van der Waals surface area contributed by atoms with Crippen LogP contribution in [-0.2, 0) is 14.8 Å². The lowest BCUT2D eigenvalue weighted by atomic mass is 10.1. The van der Waals surface area contributed by atoms with Gasteiger partial charge in [0.05, 0.1) is 28.2 Å². The first kappa shape index (κ1) is 19.7. The standard InChI is InChI=1S/C21H22N4O5S/c26-20(24-10-4-1-5-11-24)19-13-25(17-6-2-3-7-18(17)30-19)31(28,29)14-8-9-15-16(12-14)23-21(27)22-15/h2-3,6-9,12,19H,1,4-5,10-11,13H2,(H2,22,23,27)/t19-/m1/s1. The number of hydrogen-bond donors (Lipinski definition) is 2. The van der Waals surface area contributed by atoms with E-state index in [0.717, 1.165) is 19.3 Å². The molecule has 0 bridgehead atoms. The number of sulfonamides is 1. The van der Waals surface area contributed by atoms with Gasteiger partial charge in [0.1, 0.15) is 5.75 Å². The van der Waals surface area contributed by atoms with Crippen LogP contribution in [-0.4, -0.2) is 54.9 Å². The maximum atomic E-state index is 13.6. The van der Waals surface area contributed by atoms with Gasteiger partial charge in [0, 0.05) is 13.1 Å². The molecule has 0 spiro atoms. The highest BCUT2D eigenvalue weighted by atomic mass is 32.2. The number of fused-ring (bicyclic) bond motifs is 2. The van der Waals surface area contributed by atoms with Crippen molar-refractivity contribution in [3.8, 4) is 5.75 Å². The molecule has 2 aliphatic heterocycles. The molecule has 162 valence electrons. The summed E-state index contributed by atoms with van der Waals surface area (Å²) in [5, 5.41) is 0. The van der Waals surface area contributed by atoms with E-state index in [0.29, 0.717) is 35.6 Å². The van der Waals surface area contributed by atoms with Gasteiger partial charge in [0.15, 0.2) is 6.10 Å². The number of aromatic nitrogens is 2. The number of piperidine rings is 1. The van der Waals surface area contributed by atoms with E-state index in [2.05, 4.69) is 9.97 Å². The minimum absolute atomic E-state index is 0.0242. The van der Waals surface area contributed by atoms with Crippen molar-refractivity contribution in [2.24, 2.45) is 0 Å². The maximum Gasteiger partial charge on any atom is 0.323 e. The van der Waals surface area contributed by atoms with Gasteiger partial charge in [-0.3, -0.25) is 9.10 Å². The number of likely N-dealkylation sites (tertiary alicyclic amines) is 1. The highest BCUT2D eigenvalue weighted by molar-refractivity contribution is 7.92. The first-order chi connectivity index (χ1) is 14.9. The molecule has 1 saturated heterocycles. The number of nitrogens with zero attached hydrogens (tertiary/aromatic N) is 2. The number of ether oxygens (including phenoxy) is 1. The van der Waals surface area contributed by atoms with Gasteiger partial charge >= 0.3 is 5.69 Å².